The Morgan fingerprint density at radius 1 is 1.27 bits per heavy atom. The molecule has 0 saturated carbocycles. The van der Waals surface area contributed by atoms with Gasteiger partial charge in [0.1, 0.15) is 0 Å². The number of aliphatic imine (C=N–C) groups is 1. The number of anilines is 1. The van der Waals surface area contributed by atoms with Gasteiger partial charge in [-0.15, -0.1) is 0 Å². The summed E-state index contributed by atoms with van der Waals surface area (Å²) in [6.07, 6.45) is -6.11. The number of rotatable bonds is 6. The fourth-order valence-electron chi connectivity index (χ4n) is 2.86. The molecule has 0 spiro atoms. The van der Waals surface area contributed by atoms with Crippen molar-refractivity contribution in [2.24, 2.45) is 16.0 Å². The maximum Gasteiger partial charge on any atom is 0.422 e. The minimum Gasteiger partial charge on any atom is -0.481 e. The molecule has 1 N–H and O–H groups in total. The molecule has 2 aliphatic rings. The summed E-state index contributed by atoms with van der Waals surface area (Å²) in [6, 6.07) is 1.66. The van der Waals surface area contributed by atoms with Gasteiger partial charge in [-0.3, -0.25) is 4.79 Å². The monoisotopic (exact) mass is 438 g/mol. The lowest BCUT2D eigenvalue weighted by molar-refractivity contribution is -0.153. The highest BCUT2D eigenvalue weighted by Crippen LogP contribution is 2.29. The van der Waals surface area contributed by atoms with Crippen molar-refractivity contribution in [3.63, 3.8) is 0 Å². The molecule has 13 heteroatoms. The van der Waals surface area contributed by atoms with E-state index in [1.807, 2.05) is 0 Å². The zero-order valence-electron chi connectivity index (χ0n) is 15.2. The minimum atomic E-state index is -4.66. The number of carbonyl (C=O) groups is 1. The number of amidine groups is 1. The number of alkyl halides is 5. The summed E-state index contributed by atoms with van der Waals surface area (Å²) in [7, 11) is 0. The number of carbonyl (C=O) groups excluding carboxylic acids is 1. The topological polar surface area (TPSA) is 75.5 Å². The van der Waals surface area contributed by atoms with Gasteiger partial charge in [0, 0.05) is 24.7 Å². The molecule has 0 fully saturated rings. The first-order valence-corrected chi connectivity index (χ1v) is 8.71. The van der Waals surface area contributed by atoms with Gasteiger partial charge in [-0.2, -0.15) is 18.3 Å². The molecular weight excluding hydrogens is 422 g/mol. The van der Waals surface area contributed by atoms with Crippen LogP contribution in [0.1, 0.15) is 6.42 Å². The summed E-state index contributed by atoms with van der Waals surface area (Å²) < 4.78 is 85.6. The number of nitrogens with one attached hydrogen (secondary N) is 1. The second-order valence-electron chi connectivity index (χ2n) is 6.44. The normalized spacial score (nSPS) is 21.6. The molecule has 1 aromatic carbocycles. The number of ether oxygens (including phenoxy) is 2. The van der Waals surface area contributed by atoms with E-state index in [9.17, 15) is 31.1 Å². The lowest BCUT2D eigenvalue weighted by Crippen LogP contribution is -2.47. The van der Waals surface area contributed by atoms with Crippen LogP contribution in [0.15, 0.2) is 28.3 Å². The average Bonchev–Trinajstić information content (AvgIpc) is 3.19. The molecule has 2 unspecified atom stereocenters. The Kier molecular flexibility index (Phi) is 6.37. The quantitative estimate of drug-likeness (QED) is 0.694. The maximum atomic E-state index is 14.2. The zero-order chi connectivity index (χ0) is 21.9. The van der Waals surface area contributed by atoms with Crippen molar-refractivity contribution < 1.29 is 40.6 Å². The van der Waals surface area contributed by atoms with Gasteiger partial charge >= 0.3 is 6.18 Å². The second-order valence-corrected chi connectivity index (χ2v) is 6.44. The van der Waals surface area contributed by atoms with Crippen molar-refractivity contribution in [1.82, 2.24) is 5.43 Å². The molecule has 0 aromatic heterocycles. The van der Waals surface area contributed by atoms with E-state index in [0.29, 0.717) is 6.54 Å². The number of halogens is 6. The third-order valence-corrected chi connectivity index (χ3v) is 4.18. The Labute approximate surface area is 166 Å². The first kappa shape index (κ1) is 21.7. The third-order valence-electron chi connectivity index (χ3n) is 4.18. The van der Waals surface area contributed by atoms with Crippen LogP contribution in [0, 0.1) is 11.7 Å². The molecule has 2 heterocycles. The molecule has 2 atom stereocenters. The van der Waals surface area contributed by atoms with Gasteiger partial charge in [0.25, 0.3) is 12.4 Å². The molecule has 30 heavy (non-hydrogen) atoms. The number of nitrogens with zero attached hydrogens (tertiary/aromatic N) is 3. The zero-order valence-corrected chi connectivity index (χ0v) is 15.2. The average molecular weight is 438 g/mol. The number of hydrogen-bond acceptors (Lipinski definition) is 6. The van der Waals surface area contributed by atoms with Gasteiger partial charge in [0.15, 0.2) is 24.8 Å². The third kappa shape index (κ3) is 5.33. The van der Waals surface area contributed by atoms with Gasteiger partial charge in [-0.1, -0.05) is 0 Å². The number of hydrogen-bond donors (Lipinski definition) is 1. The van der Waals surface area contributed by atoms with Gasteiger partial charge in [0.2, 0.25) is 5.91 Å². The van der Waals surface area contributed by atoms with Crippen molar-refractivity contribution in [3.05, 3.63) is 24.0 Å². The van der Waals surface area contributed by atoms with E-state index in [0.717, 1.165) is 23.1 Å². The van der Waals surface area contributed by atoms with Crippen molar-refractivity contribution in [3.8, 4) is 5.75 Å². The van der Waals surface area contributed by atoms with Gasteiger partial charge in [-0.05, 0) is 12.1 Å². The Bertz CT molecular complexity index is 845. The summed E-state index contributed by atoms with van der Waals surface area (Å²) in [5.41, 5.74) is 2.55. The fraction of sp³-hybridized carbons (Fsp3) is 0.471. The van der Waals surface area contributed by atoms with Crippen LogP contribution in [-0.2, 0) is 9.53 Å². The predicted molar refractivity (Wildman–Crippen MR) is 93.2 cm³/mol. The first-order valence-electron chi connectivity index (χ1n) is 8.71. The number of benzene rings is 1. The molecule has 1 amide bonds. The Morgan fingerprint density at radius 3 is 2.63 bits per heavy atom. The van der Waals surface area contributed by atoms with Crippen LogP contribution in [-0.4, -0.2) is 56.5 Å². The Hall–Kier alpha value is -2.99. The van der Waals surface area contributed by atoms with Gasteiger partial charge in [0.05, 0.1) is 18.2 Å². The van der Waals surface area contributed by atoms with E-state index in [1.165, 1.54) is 6.21 Å². The second kappa shape index (κ2) is 8.79. The van der Waals surface area contributed by atoms with E-state index in [2.05, 4.69) is 20.3 Å². The largest absolute Gasteiger partial charge is 0.481 e. The van der Waals surface area contributed by atoms with Crippen molar-refractivity contribution in [2.75, 3.05) is 24.7 Å². The molecule has 1 aromatic rings. The summed E-state index contributed by atoms with van der Waals surface area (Å²) in [5.74, 6) is -2.73. The molecule has 0 bridgehead atoms. The summed E-state index contributed by atoms with van der Waals surface area (Å²) in [6.45, 7) is -2.36. The van der Waals surface area contributed by atoms with Crippen LogP contribution >= 0.6 is 0 Å². The smallest absolute Gasteiger partial charge is 0.422 e. The molecule has 2 aliphatic heterocycles. The van der Waals surface area contributed by atoms with Crippen LogP contribution in [0.4, 0.5) is 32.0 Å². The van der Waals surface area contributed by atoms with E-state index in [-0.39, 0.29) is 18.0 Å². The van der Waals surface area contributed by atoms with E-state index in [1.54, 1.807) is 0 Å². The van der Waals surface area contributed by atoms with Crippen LogP contribution in [0.25, 0.3) is 0 Å². The summed E-state index contributed by atoms with van der Waals surface area (Å²) >= 11 is 0. The van der Waals surface area contributed by atoms with Crippen molar-refractivity contribution in [1.29, 1.82) is 0 Å². The first-order chi connectivity index (χ1) is 14.1. The number of hydrazone groups is 1. The summed E-state index contributed by atoms with van der Waals surface area (Å²) in [5, 5.41) is 3.82. The highest BCUT2D eigenvalue weighted by molar-refractivity contribution is 6.15. The molecule has 164 valence electrons. The van der Waals surface area contributed by atoms with Crippen molar-refractivity contribution >= 4 is 23.8 Å². The van der Waals surface area contributed by atoms with Crippen LogP contribution < -0.4 is 15.1 Å². The highest BCUT2D eigenvalue weighted by Gasteiger charge is 2.36. The SMILES string of the molecule is O=C1CC(C2C=NNC2)N=C(OCC(F)F)N1c1ccc(OCC(F)(F)F)c(F)c1. The van der Waals surface area contributed by atoms with E-state index < -0.39 is 55.4 Å². The maximum absolute atomic E-state index is 14.2. The van der Waals surface area contributed by atoms with Crippen molar-refractivity contribution in [2.45, 2.75) is 25.1 Å². The lowest BCUT2D eigenvalue weighted by Gasteiger charge is -2.31. The molecule has 0 aliphatic carbocycles. The highest BCUT2D eigenvalue weighted by atomic mass is 19.4. The molecule has 7 nitrogen and oxygen atoms in total. The van der Waals surface area contributed by atoms with Crippen LogP contribution in [0.5, 0.6) is 5.75 Å². The predicted octanol–water partition coefficient (Wildman–Crippen LogP) is 2.72. The molecular formula is C17H16F6N4O3. The van der Waals surface area contributed by atoms with E-state index in [4.69, 9.17) is 4.74 Å². The van der Waals surface area contributed by atoms with Gasteiger partial charge in [-0.25, -0.2) is 23.1 Å². The van der Waals surface area contributed by atoms with Crippen LogP contribution in [0.3, 0.4) is 0 Å². The Balaban J connectivity index is 1.85. The molecule has 0 radical (unpaired) electrons. The standard InChI is InChI=1S/C17H16F6N4O3/c18-11-3-10(1-2-13(11)30-8-17(21,22)23)27-15(28)4-12(9-5-24-25-6-9)26-16(27)29-7-14(19)20/h1-3,5,9,12,14,25H,4,6-8H2. The lowest BCUT2D eigenvalue weighted by atomic mass is 9.97. The van der Waals surface area contributed by atoms with Gasteiger partial charge < -0.3 is 14.9 Å². The van der Waals surface area contributed by atoms with E-state index >= 15 is 0 Å². The summed E-state index contributed by atoms with van der Waals surface area (Å²) in [4.78, 5) is 17.7. The number of amides is 1. The van der Waals surface area contributed by atoms with Crippen LogP contribution in [0.2, 0.25) is 0 Å². The fourth-order valence-corrected chi connectivity index (χ4v) is 2.86. The Morgan fingerprint density at radius 2 is 2.03 bits per heavy atom. The minimum absolute atomic E-state index is 0.131. The molecule has 0 saturated heterocycles. The molecule has 3 rings (SSSR count).